The highest BCUT2D eigenvalue weighted by Gasteiger charge is 2.36. The molecule has 2 rings (SSSR count). The van der Waals surface area contributed by atoms with Crippen molar-refractivity contribution in [2.75, 3.05) is 0 Å². The number of halogens is 1. The largest absolute Gasteiger partial charge is 0.504 e. The molecular weight excluding hydrogens is 495 g/mol. The van der Waals surface area contributed by atoms with Crippen LogP contribution in [0.5, 0.6) is 17.2 Å². The molecule has 0 radical (unpaired) electrons. The Morgan fingerprint density at radius 3 is 1.89 bits per heavy atom. The molecule has 8 nitrogen and oxygen atoms in total. The van der Waals surface area contributed by atoms with Crippen molar-refractivity contribution in [3.05, 3.63) is 52.3 Å². The third-order valence-electron chi connectivity index (χ3n) is 5.95. The van der Waals surface area contributed by atoms with Crippen molar-refractivity contribution < 1.29 is 43.3 Å². The molecule has 2 aromatic rings. The van der Waals surface area contributed by atoms with Gasteiger partial charge in [-0.05, 0) is 25.3 Å². The van der Waals surface area contributed by atoms with Crippen molar-refractivity contribution in [2.24, 2.45) is 0 Å². The molecule has 0 amide bonds. The van der Waals surface area contributed by atoms with Gasteiger partial charge in [0.15, 0.2) is 23.1 Å². The first-order valence-electron chi connectivity index (χ1n) is 13.0. The first-order chi connectivity index (χ1) is 18.2. The standard InChI is InChI=1S/C29H35FO8/c1-4-7-14-20(31)23-25(29(36)37-17-18-12-10-11-13-19(18)30)24(21(32)15-8-5-2)28(27(35)26(23)34)38-22(33)16-9-6-3/h10-13,34-35H,4-9,14-17H2,1-3H3. The first-order valence-corrected chi connectivity index (χ1v) is 13.0. The number of rotatable bonds is 15. The summed E-state index contributed by atoms with van der Waals surface area (Å²) in [6, 6.07) is 5.60. The van der Waals surface area contributed by atoms with Crippen molar-refractivity contribution >= 4 is 23.5 Å². The van der Waals surface area contributed by atoms with E-state index in [0.29, 0.717) is 38.5 Å². The molecule has 2 N–H and O–H groups in total. The van der Waals surface area contributed by atoms with Crippen LogP contribution in [0.4, 0.5) is 4.39 Å². The maximum absolute atomic E-state index is 14.1. The van der Waals surface area contributed by atoms with Gasteiger partial charge in [-0.2, -0.15) is 0 Å². The maximum atomic E-state index is 14.1. The summed E-state index contributed by atoms with van der Waals surface area (Å²) in [7, 11) is 0. The third-order valence-corrected chi connectivity index (χ3v) is 5.95. The van der Waals surface area contributed by atoms with Crippen LogP contribution >= 0.6 is 0 Å². The van der Waals surface area contributed by atoms with E-state index in [2.05, 4.69) is 0 Å². The number of benzene rings is 2. The molecule has 0 aromatic heterocycles. The van der Waals surface area contributed by atoms with Crippen LogP contribution in [0.3, 0.4) is 0 Å². The van der Waals surface area contributed by atoms with Crippen molar-refractivity contribution in [2.45, 2.75) is 85.2 Å². The zero-order chi connectivity index (χ0) is 28.2. The molecule has 0 spiro atoms. The fraction of sp³-hybridized carbons (Fsp3) is 0.448. The smallest absolute Gasteiger partial charge is 0.340 e. The quantitative estimate of drug-likeness (QED) is 0.117. The molecule has 206 valence electrons. The Morgan fingerprint density at radius 1 is 0.763 bits per heavy atom. The maximum Gasteiger partial charge on any atom is 0.340 e. The normalized spacial score (nSPS) is 10.7. The lowest BCUT2D eigenvalue weighted by Crippen LogP contribution is -2.21. The van der Waals surface area contributed by atoms with Gasteiger partial charge in [-0.25, -0.2) is 9.18 Å². The highest BCUT2D eigenvalue weighted by Crippen LogP contribution is 2.46. The summed E-state index contributed by atoms with van der Waals surface area (Å²) in [5, 5.41) is 21.6. The molecule has 0 atom stereocenters. The number of carbonyl (C=O) groups excluding carboxylic acids is 4. The van der Waals surface area contributed by atoms with E-state index in [1.165, 1.54) is 18.2 Å². The van der Waals surface area contributed by atoms with Gasteiger partial charge in [-0.1, -0.05) is 58.2 Å². The van der Waals surface area contributed by atoms with Gasteiger partial charge in [0, 0.05) is 24.8 Å². The van der Waals surface area contributed by atoms with Crippen LogP contribution in [0.2, 0.25) is 0 Å². The predicted molar refractivity (Wildman–Crippen MR) is 138 cm³/mol. The topological polar surface area (TPSA) is 127 Å². The van der Waals surface area contributed by atoms with Crippen LogP contribution in [-0.2, 0) is 16.1 Å². The summed E-state index contributed by atoms with van der Waals surface area (Å²) in [5.74, 6) is -6.67. The number of ether oxygens (including phenoxy) is 2. The number of carbonyl (C=O) groups is 4. The fourth-order valence-electron chi connectivity index (χ4n) is 3.78. The zero-order valence-corrected chi connectivity index (χ0v) is 22.1. The highest BCUT2D eigenvalue weighted by molar-refractivity contribution is 6.17. The molecule has 0 fully saturated rings. The minimum Gasteiger partial charge on any atom is -0.504 e. The summed E-state index contributed by atoms with van der Waals surface area (Å²) in [6.45, 7) is 5.02. The number of phenols is 2. The van der Waals surface area contributed by atoms with Crippen LogP contribution in [0.1, 0.15) is 115 Å². The number of hydrogen-bond acceptors (Lipinski definition) is 8. The Labute approximate surface area is 221 Å². The summed E-state index contributed by atoms with van der Waals surface area (Å²) >= 11 is 0. The van der Waals surface area contributed by atoms with E-state index in [-0.39, 0.29) is 24.8 Å². The summed E-state index contributed by atoms with van der Waals surface area (Å²) in [6.07, 6.45) is 3.00. The van der Waals surface area contributed by atoms with Gasteiger partial charge in [0.2, 0.25) is 5.75 Å². The minimum absolute atomic E-state index is 0.0382. The lowest BCUT2D eigenvalue weighted by molar-refractivity contribution is -0.134. The number of ketones is 2. The molecule has 0 bridgehead atoms. The SMILES string of the molecule is CCCCC(=O)Oc1c(O)c(O)c(C(=O)CCCC)c(C(=O)OCc2ccccc2F)c1C(=O)CCCC. The van der Waals surface area contributed by atoms with Gasteiger partial charge in [0.05, 0.1) is 16.7 Å². The second-order valence-corrected chi connectivity index (χ2v) is 8.95. The van der Waals surface area contributed by atoms with Crippen LogP contribution in [0, 0.1) is 5.82 Å². The van der Waals surface area contributed by atoms with Gasteiger partial charge < -0.3 is 19.7 Å². The Morgan fingerprint density at radius 2 is 1.32 bits per heavy atom. The molecule has 2 aromatic carbocycles. The monoisotopic (exact) mass is 530 g/mol. The number of hydrogen-bond donors (Lipinski definition) is 2. The van der Waals surface area contributed by atoms with Crippen LogP contribution < -0.4 is 4.74 Å². The number of aromatic hydroxyl groups is 2. The summed E-state index contributed by atoms with van der Waals surface area (Å²) in [5.41, 5.74) is -1.68. The van der Waals surface area contributed by atoms with E-state index in [4.69, 9.17) is 9.47 Å². The van der Waals surface area contributed by atoms with Gasteiger partial charge in [0.1, 0.15) is 12.4 Å². The Balaban J connectivity index is 2.74. The van der Waals surface area contributed by atoms with Crippen molar-refractivity contribution in [3.8, 4) is 17.2 Å². The van der Waals surface area contributed by atoms with Gasteiger partial charge in [-0.15, -0.1) is 0 Å². The number of esters is 2. The lowest BCUT2D eigenvalue weighted by Gasteiger charge is -2.20. The van der Waals surface area contributed by atoms with E-state index >= 15 is 0 Å². The number of Topliss-reactive ketones (excluding diaryl/α,β-unsaturated/α-hetero) is 2. The average Bonchev–Trinajstić information content (AvgIpc) is 2.90. The summed E-state index contributed by atoms with van der Waals surface area (Å²) in [4.78, 5) is 52.4. The van der Waals surface area contributed by atoms with E-state index in [0.717, 1.165) is 0 Å². The second kappa shape index (κ2) is 14.9. The van der Waals surface area contributed by atoms with Gasteiger partial charge in [0.25, 0.3) is 0 Å². The average molecular weight is 531 g/mol. The predicted octanol–water partition coefficient (Wildman–Crippen LogP) is 6.44. The third kappa shape index (κ3) is 7.63. The lowest BCUT2D eigenvalue weighted by atomic mass is 9.90. The molecule has 0 saturated carbocycles. The molecule has 0 aliphatic carbocycles. The van der Waals surface area contributed by atoms with E-state index in [1.807, 2.05) is 20.8 Å². The van der Waals surface area contributed by atoms with Crippen molar-refractivity contribution in [1.29, 1.82) is 0 Å². The Hall–Kier alpha value is -3.75. The van der Waals surface area contributed by atoms with E-state index < -0.39 is 69.9 Å². The van der Waals surface area contributed by atoms with E-state index in [9.17, 15) is 33.8 Å². The van der Waals surface area contributed by atoms with Crippen LogP contribution in [0.25, 0.3) is 0 Å². The minimum atomic E-state index is -1.20. The fourth-order valence-corrected chi connectivity index (χ4v) is 3.78. The molecule has 0 saturated heterocycles. The number of phenolic OH excluding ortho intramolecular Hbond substituents is 2. The van der Waals surface area contributed by atoms with Gasteiger partial charge in [-0.3, -0.25) is 14.4 Å². The molecule has 0 aliphatic rings. The Kier molecular flexibility index (Phi) is 11.9. The van der Waals surface area contributed by atoms with E-state index in [1.54, 1.807) is 6.07 Å². The van der Waals surface area contributed by atoms with Crippen molar-refractivity contribution in [3.63, 3.8) is 0 Å². The van der Waals surface area contributed by atoms with Crippen LogP contribution in [-0.4, -0.2) is 33.7 Å². The Bertz CT molecular complexity index is 1170. The zero-order valence-electron chi connectivity index (χ0n) is 22.1. The molecule has 9 heteroatoms. The van der Waals surface area contributed by atoms with Crippen LogP contribution in [0.15, 0.2) is 24.3 Å². The highest BCUT2D eigenvalue weighted by atomic mass is 19.1. The van der Waals surface area contributed by atoms with Gasteiger partial charge >= 0.3 is 11.9 Å². The second-order valence-electron chi connectivity index (χ2n) is 8.95. The summed E-state index contributed by atoms with van der Waals surface area (Å²) < 4.78 is 24.7. The number of unbranched alkanes of at least 4 members (excludes halogenated alkanes) is 3. The molecular formula is C29H35FO8. The van der Waals surface area contributed by atoms with Crippen molar-refractivity contribution in [1.82, 2.24) is 0 Å². The molecule has 0 aliphatic heterocycles. The molecule has 38 heavy (non-hydrogen) atoms. The first kappa shape index (κ1) is 30.5. The molecule has 0 heterocycles. The molecule has 0 unspecified atom stereocenters.